The van der Waals surface area contributed by atoms with Crippen molar-refractivity contribution in [3.63, 3.8) is 0 Å². The molecular formula is C43H75NO3. The summed E-state index contributed by atoms with van der Waals surface area (Å²) in [5.74, 6) is 0.310. The molecule has 0 N–H and O–H groups in total. The van der Waals surface area contributed by atoms with E-state index in [4.69, 9.17) is 4.74 Å². The number of ketones is 2. The molecule has 0 unspecified atom stereocenters. The van der Waals surface area contributed by atoms with Crippen molar-refractivity contribution in [2.45, 2.75) is 175 Å². The lowest BCUT2D eigenvalue weighted by Crippen LogP contribution is -2.49. The van der Waals surface area contributed by atoms with Crippen LogP contribution in [0.5, 0.6) is 0 Å². The molecule has 270 valence electrons. The first kappa shape index (κ1) is 43.2. The number of allylic oxidation sites excluding steroid dienone is 8. The van der Waals surface area contributed by atoms with Crippen LogP contribution in [0.3, 0.4) is 0 Å². The third-order valence-corrected chi connectivity index (χ3v) is 9.58. The van der Waals surface area contributed by atoms with Crippen LogP contribution in [-0.2, 0) is 14.3 Å². The lowest BCUT2D eigenvalue weighted by atomic mass is 9.76. The molecule has 1 heterocycles. The Morgan fingerprint density at radius 3 is 1.30 bits per heavy atom. The maximum Gasteiger partial charge on any atom is 0.147 e. The van der Waals surface area contributed by atoms with Gasteiger partial charge in [-0.1, -0.05) is 127 Å². The Kier molecular flexibility index (Phi) is 29.0. The van der Waals surface area contributed by atoms with E-state index in [9.17, 15) is 9.59 Å². The van der Waals surface area contributed by atoms with Crippen LogP contribution in [0.2, 0.25) is 0 Å². The van der Waals surface area contributed by atoms with Crippen LogP contribution in [-0.4, -0.2) is 49.3 Å². The normalized spacial score (nSPS) is 14.9. The van der Waals surface area contributed by atoms with E-state index >= 15 is 0 Å². The van der Waals surface area contributed by atoms with Gasteiger partial charge in [-0.25, -0.2) is 0 Å². The zero-order valence-electron chi connectivity index (χ0n) is 31.3. The van der Waals surface area contributed by atoms with Gasteiger partial charge in [-0.05, 0) is 84.0 Å². The minimum absolute atomic E-state index is 0.155. The fourth-order valence-corrected chi connectivity index (χ4v) is 6.28. The molecule has 4 heteroatoms. The number of carbonyl (C=O) groups excluding carboxylic acids is 2. The van der Waals surface area contributed by atoms with Crippen molar-refractivity contribution in [3.05, 3.63) is 48.6 Å². The van der Waals surface area contributed by atoms with Crippen LogP contribution in [0.25, 0.3) is 0 Å². The number of Topliss-reactive ketones (excluding diaryl/α,β-unsaturated/α-hetero) is 2. The molecule has 1 aliphatic rings. The van der Waals surface area contributed by atoms with Gasteiger partial charge in [0.25, 0.3) is 0 Å². The second-order valence-corrected chi connectivity index (χ2v) is 14.0. The van der Waals surface area contributed by atoms with E-state index in [0.717, 1.165) is 64.5 Å². The molecule has 0 aromatic carbocycles. The number of morpholine rings is 1. The Balaban J connectivity index is 2.28. The van der Waals surface area contributed by atoms with Gasteiger partial charge in [-0.15, -0.1) is 0 Å². The number of hydrogen-bond donors (Lipinski definition) is 0. The van der Waals surface area contributed by atoms with Crippen molar-refractivity contribution >= 4 is 11.6 Å². The number of nitrogens with zero attached hydrogens (tertiary/aromatic N) is 1. The number of unbranched alkanes of at least 4 members (excludes halogenated alkanes) is 16. The molecule has 47 heavy (non-hydrogen) atoms. The number of carbonyl (C=O) groups is 2. The summed E-state index contributed by atoms with van der Waals surface area (Å²) in [7, 11) is 0. The van der Waals surface area contributed by atoms with Crippen molar-refractivity contribution in [1.29, 1.82) is 0 Å². The molecule has 0 aromatic heterocycles. The summed E-state index contributed by atoms with van der Waals surface area (Å²) in [6, 6.07) is 0. The van der Waals surface area contributed by atoms with Crippen LogP contribution >= 0.6 is 0 Å². The van der Waals surface area contributed by atoms with Crippen LogP contribution in [0.4, 0.5) is 0 Å². The molecule has 0 spiro atoms. The third kappa shape index (κ3) is 24.1. The summed E-state index contributed by atoms with van der Waals surface area (Å²) in [4.78, 5) is 29.4. The van der Waals surface area contributed by atoms with E-state index in [1.54, 1.807) is 0 Å². The highest BCUT2D eigenvalue weighted by atomic mass is 16.5. The quantitative estimate of drug-likeness (QED) is 0.0412. The lowest BCUT2D eigenvalue weighted by Gasteiger charge is -2.35. The maximum absolute atomic E-state index is 13.6. The number of hydrogen-bond acceptors (Lipinski definition) is 4. The van der Waals surface area contributed by atoms with Crippen LogP contribution in [0.1, 0.15) is 175 Å². The molecule has 0 atom stereocenters. The Labute approximate surface area is 291 Å². The van der Waals surface area contributed by atoms with E-state index in [0.29, 0.717) is 32.6 Å². The highest BCUT2D eigenvalue weighted by molar-refractivity contribution is 6.06. The summed E-state index contributed by atoms with van der Waals surface area (Å²) in [6.45, 7) is 9.98. The van der Waals surface area contributed by atoms with E-state index in [1.807, 2.05) is 6.92 Å². The van der Waals surface area contributed by atoms with Gasteiger partial charge in [0, 0.05) is 32.5 Å². The van der Waals surface area contributed by atoms with Crippen molar-refractivity contribution in [2.24, 2.45) is 5.41 Å². The van der Waals surface area contributed by atoms with Gasteiger partial charge >= 0.3 is 0 Å². The molecule has 1 saturated heterocycles. The fraction of sp³-hybridized carbons (Fsp3) is 0.767. The second kappa shape index (κ2) is 31.5. The summed E-state index contributed by atoms with van der Waals surface area (Å²) < 4.78 is 5.53. The SMILES string of the molecule is CCCCC/C=C\C/C=C\CCCCCCCC(=O)C(C)(CN1CCOCC1)C(=O)CCCCCCC/C=C\C/C=C\CCCCC. The summed E-state index contributed by atoms with van der Waals surface area (Å²) in [5, 5.41) is 0. The monoisotopic (exact) mass is 654 g/mol. The van der Waals surface area contributed by atoms with Gasteiger partial charge in [0.2, 0.25) is 0 Å². The van der Waals surface area contributed by atoms with E-state index < -0.39 is 5.41 Å². The van der Waals surface area contributed by atoms with E-state index in [2.05, 4.69) is 67.4 Å². The summed E-state index contributed by atoms with van der Waals surface area (Å²) >= 11 is 0. The topological polar surface area (TPSA) is 46.6 Å². The van der Waals surface area contributed by atoms with Crippen molar-refractivity contribution < 1.29 is 14.3 Å². The standard InChI is InChI=1S/C43H75NO3/c1-4-6-8-10-12-14-16-18-20-22-24-26-28-30-32-34-41(45)43(3,40-44-36-38-47-39-37-44)42(46)35-33-31-29-27-25-23-21-19-17-15-13-11-9-7-5-2/h12-15,18-21H,4-11,16-17,22-40H2,1-3H3/b14-12-,15-13-,20-18-,21-19-. The lowest BCUT2D eigenvalue weighted by molar-refractivity contribution is -0.142. The second-order valence-electron chi connectivity index (χ2n) is 14.0. The van der Waals surface area contributed by atoms with Gasteiger partial charge in [0.05, 0.1) is 18.6 Å². The zero-order valence-corrected chi connectivity index (χ0v) is 31.3. The van der Waals surface area contributed by atoms with Crippen molar-refractivity contribution in [1.82, 2.24) is 4.90 Å². The largest absolute Gasteiger partial charge is 0.379 e. The van der Waals surface area contributed by atoms with Crippen LogP contribution in [0.15, 0.2) is 48.6 Å². The molecule has 0 aliphatic carbocycles. The highest BCUT2D eigenvalue weighted by Gasteiger charge is 2.40. The Hall–Kier alpha value is -1.78. The van der Waals surface area contributed by atoms with Crippen molar-refractivity contribution in [3.8, 4) is 0 Å². The first-order chi connectivity index (χ1) is 23.0. The van der Waals surface area contributed by atoms with Gasteiger partial charge in [-0.3, -0.25) is 14.5 Å². The predicted octanol–water partition coefficient (Wildman–Crippen LogP) is 12.1. The fourth-order valence-electron chi connectivity index (χ4n) is 6.28. The smallest absolute Gasteiger partial charge is 0.147 e. The average Bonchev–Trinajstić information content (AvgIpc) is 3.08. The van der Waals surface area contributed by atoms with Gasteiger partial charge in [0.1, 0.15) is 11.6 Å². The number of rotatable bonds is 32. The van der Waals surface area contributed by atoms with Gasteiger partial charge in [-0.2, -0.15) is 0 Å². The third-order valence-electron chi connectivity index (χ3n) is 9.58. The zero-order chi connectivity index (χ0) is 34.1. The molecule has 0 saturated carbocycles. The van der Waals surface area contributed by atoms with Gasteiger partial charge in [0.15, 0.2) is 0 Å². The number of ether oxygens (including phenoxy) is 1. The molecule has 4 nitrogen and oxygen atoms in total. The average molecular weight is 654 g/mol. The summed E-state index contributed by atoms with van der Waals surface area (Å²) in [5.41, 5.74) is -0.887. The maximum atomic E-state index is 13.6. The van der Waals surface area contributed by atoms with Crippen LogP contribution in [0, 0.1) is 5.41 Å². The molecule has 1 rings (SSSR count). The Bertz CT molecular complexity index is 806. The highest BCUT2D eigenvalue weighted by Crippen LogP contribution is 2.28. The molecule has 0 radical (unpaired) electrons. The van der Waals surface area contributed by atoms with E-state index in [1.165, 1.54) is 89.9 Å². The summed E-state index contributed by atoms with van der Waals surface area (Å²) in [6.07, 6.45) is 45.2. The minimum atomic E-state index is -0.887. The van der Waals surface area contributed by atoms with Crippen LogP contribution < -0.4 is 0 Å². The first-order valence-corrected chi connectivity index (χ1v) is 20.0. The predicted molar refractivity (Wildman–Crippen MR) is 204 cm³/mol. The molecule has 1 aliphatic heterocycles. The Morgan fingerprint density at radius 2 is 0.894 bits per heavy atom. The molecule has 0 amide bonds. The van der Waals surface area contributed by atoms with Gasteiger partial charge < -0.3 is 4.74 Å². The first-order valence-electron chi connectivity index (χ1n) is 20.0. The molecule has 1 fully saturated rings. The molecule has 0 bridgehead atoms. The minimum Gasteiger partial charge on any atom is -0.379 e. The molecular weight excluding hydrogens is 578 g/mol. The molecule has 0 aromatic rings. The Morgan fingerprint density at radius 1 is 0.532 bits per heavy atom. The van der Waals surface area contributed by atoms with Crippen molar-refractivity contribution in [2.75, 3.05) is 32.8 Å². The van der Waals surface area contributed by atoms with E-state index in [-0.39, 0.29) is 11.6 Å².